The molecule has 1 saturated carbocycles. The fraction of sp³-hybridized carbons (Fsp3) is 1.00. The summed E-state index contributed by atoms with van der Waals surface area (Å²) >= 11 is 0. The summed E-state index contributed by atoms with van der Waals surface area (Å²) in [5, 5.41) is 0. The Kier molecular flexibility index (Phi) is 1.95. The van der Waals surface area contributed by atoms with Gasteiger partial charge in [0.15, 0.2) is 0 Å². The molecule has 0 aromatic rings. The van der Waals surface area contributed by atoms with Crippen molar-refractivity contribution in [2.45, 2.75) is 33.6 Å². The maximum Gasteiger partial charge on any atom is 0.00406 e. The van der Waals surface area contributed by atoms with Gasteiger partial charge in [-0.2, -0.15) is 0 Å². The quantitative estimate of drug-likeness (QED) is 0.610. The SMILES string of the molecule is CCN1CC2CC(C(C)C)(C2)C1. The number of rotatable bonds is 2. The molecular formula is C11H21N. The number of hydrogen-bond acceptors (Lipinski definition) is 1. The van der Waals surface area contributed by atoms with E-state index in [0.717, 1.165) is 17.3 Å². The Morgan fingerprint density at radius 2 is 2.08 bits per heavy atom. The van der Waals surface area contributed by atoms with Crippen molar-refractivity contribution < 1.29 is 0 Å². The summed E-state index contributed by atoms with van der Waals surface area (Å²) in [6.45, 7) is 11.1. The lowest BCUT2D eigenvalue weighted by Gasteiger charge is -2.59. The van der Waals surface area contributed by atoms with Crippen molar-refractivity contribution in [2.75, 3.05) is 19.6 Å². The van der Waals surface area contributed by atoms with Crippen LogP contribution in [0.3, 0.4) is 0 Å². The summed E-state index contributed by atoms with van der Waals surface area (Å²) in [7, 11) is 0. The highest BCUT2D eigenvalue weighted by atomic mass is 15.2. The zero-order chi connectivity index (χ0) is 8.77. The third kappa shape index (κ3) is 1.10. The van der Waals surface area contributed by atoms with Crippen molar-refractivity contribution in [3.05, 3.63) is 0 Å². The molecule has 1 nitrogen and oxygen atoms in total. The van der Waals surface area contributed by atoms with Crippen LogP contribution in [0.25, 0.3) is 0 Å². The monoisotopic (exact) mass is 167 g/mol. The summed E-state index contributed by atoms with van der Waals surface area (Å²) < 4.78 is 0. The average Bonchev–Trinajstić information content (AvgIpc) is 2.02. The lowest BCUT2D eigenvalue weighted by atomic mass is 9.54. The van der Waals surface area contributed by atoms with Gasteiger partial charge in [0, 0.05) is 13.1 Å². The van der Waals surface area contributed by atoms with Gasteiger partial charge in [-0.3, -0.25) is 0 Å². The van der Waals surface area contributed by atoms with Crippen LogP contribution in [-0.2, 0) is 0 Å². The van der Waals surface area contributed by atoms with E-state index in [2.05, 4.69) is 25.7 Å². The molecule has 70 valence electrons. The molecule has 0 spiro atoms. The fourth-order valence-electron chi connectivity index (χ4n) is 3.12. The van der Waals surface area contributed by atoms with Crippen LogP contribution in [0.5, 0.6) is 0 Å². The summed E-state index contributed by atoms with van der Waals surface area (Å²) in [4.78, 5) is 2.64. The molecule has 3 aliphatic rings. The highest BCUT2D eigenvalue weighted by Gasteiger charge is 2.50. The van der Waals surface area contributed by atoms with Crippen LogP contribution in [0.2, 0.25) is 0 Å². The smallest absolute Gasteiger partial charge is 0.00406 e. The normalized spacial score (nSPS) is 41.5. The minimum Gasteiger partial charge on any atom is -0.303 e. The van der Waals surface area contributed by atoms with E-state index in [1.165, 1.54) is 32.5 Å². The predicted octanol–water partition coefficient (Wildman–Crippen LogP) is 2.37. The first-order chi connectivity index (χ1) is 5.66. The lowest BCUT2D eigenvalue weighted by molar-refractivity contribution is -0.0893. The first kappa shape index (κ1) is 8.55. The number of fused-ring (bicyclic) bond motifs is 2. The zero-order valence-corrected chi connectivity index (χ0v) is 8.64. The number of nitrogens with zero attached hydrogens (tertiary/aromatic N) is 1. The molecular weight excluding hydrogens is 146 g/mol. The number of piperidine rings is 2. The summed E-state index contributed by atoms with van der Waals surface area (Å²) in [6.07, 6.45) is 3.03. The Balaban J connectivity index is 2.02. The van der Waals surface area contributed by atoms with E-state index in [9.17, 15) is 0 Å². The van der Waals surface area contributed by atoms with Gasteiger partial charge in [-0.05, 0) is 36.6 Å². The maximum absolute atomic E-state index is 2.64. The van der Waals surface area contributed by atoms with Crippen molar-refractivity contribution in [3.63, 3.8) is 0 Å². The molecule has 0 unspecified atom stereocenters. The van der Waals surface area contributed by atoms with Crippen LogP contribution in [0.1, 0.15) is 33.6 Å². The highest BCUT2D eigenvalue weighted by molar-refractivity contribution is 5.02. The van der Waals surface area contributed by atoms with Crippen LogP contribution in [0, 0.1) is 17.3 Å². The second-order valence-corrected chi connectivity index (χ2v) is 5.12. The first-order valence-corrected chi connectivity index (χ1v) is 5.38. The molecule has 3 rings (SSSR count). The Morgan fingerprint density at radius 1 is 1.42 bits per heavy atom. The Morgan fingerprint density at radius 3 is 2.58 bits per heavy atom. The van der Waals surface area contributed by atoms with E-state index in [1.54, 1.807) is 0 Å². The number of hydrogen-bond donors (Lipinski definition) is 0. The summed E-state index contributed by atoms with van der Waals surface area (Å²) in [6, 6.07) is 0. The van der Waals surface area contributed by atoms with E-state index in [0.29, 0.717) is 0 Å². The van der Waals surface area contributed by atoms with Gasteiger partial charge in [0.2, 0.25) is 0 Å². The fourth-order valence-corrected chi connectivity index (χ4v) is 3.12. The molecule has 0 aromatic carbocycles. The van der Waals surface area contributed by atoms with Crippen molar-refractivity contribution in [1.82, 2.24) is 4.90 Å². The molecule has 0 atom stereocenters. The lowest BCUT2D eigenvalue weighted by Crippen LogP contribution is -2.58. The van der Waals surface area contributed by atoms with E-state index in [4.69, 9.17) is 0 Å². The molecule has 0 amide bonds. The van der Waals surface area contributed by atoms with Gasteiger partial charge in [-0.25, -0.2) is 0 Å². The average molecular weight is 167 g/mol. The third-order valence-electron chi connectivity index (χ3n) is 4.12. The van der Waals surface area contributed by atoms with Crippen molar-refractivity contribution in [2.24, 2.45) is 17.3 Å². The molecule has 12 heavy (non-hydrogen) atoms. The highest BCUT2D eigenvalue weighted by Crippen LogP contribution is 2.54. The van der Waals surface area contributed by atoms with Crippen molar-refractivity contribution in [3.8, 4) is 0 Å². The molecule has 0 radical (unpaired) electrons. The van der Waals surface area contributed by atoms with E-state index >= 15 is 0 Å². The van der Waals surface area contributed by atoms with Crippen molar-refractivity contribution in [1.29, 1.82) is 0 Å². The molecule has 1 heteroatoms. The van der Waals surface area contributed by atoms with Gasteiger partial charge in [0.1, 0.15) is 0 Å². The van der Waals surface area contributed by atoms with Crippen LogP contribution in [0.15, 0.2) is 0 Å². The van der Waals surface area contributed by atoms with Crippen molar-refractivity contribution >= 4 is 0 Å². The Hall–Kier alpha value is -0.0400. The second kappa shape index (κ2) is 2.73. The van der Waals surface area contributed by atoms with E-state index in [-0.39, 0.29) is 0 Å². The maximum atomic E-state index is 2.64. The molecule has 2 bridgehead atoms. The molecule has 2 heterocycles. The molecule has 2 aliphatic heterocycles. The van der Waals surface area contributed by atoms with E-state index in [1.807, 2.05) is 0 Å². The minimum absolute atomic E-state index is 0.721. The van der Waals surface area contributed by atoms with Gasteiger partial charge in [0.25, 0.3) is 0 Å². The van der Waals surface area contributed by atoms with Crippen LogP contribution in [0.4, 0.5) is 0 Å². The Labute approximate surface area is 76.1 Å². The van der Waals surface area contributed by atoms with Gasteiger partial charge in [-0.1, -0.05) is 20.8 Å². The first-order valence-electron chi connectivity index (χ1n) is 5.38. The van der Waals surface area contributed by atoms with Crippen LogP contribution < -0.4 is 0 Å². The third-order valence-corrected chi connectivity index (χ3v) is 4.12. The van der Waals surface area contributed by atoms with Crippen LogP contribution >= 0.6 is 0 Å². The molecule has 0 aromatic heterocycles. The molecule has 1 aliphatic carbocycles. The zero-order valence-electron chi connectivity index (χ0n) is 8.64. The molecule has 2 saturated heterocycles. The van der Waals surface area contributed by atoms with Gasteiger partial charge in [0.05, 0.1) is 0 Å². The summed E-state index contributed by atoms with van der Waals surface area (Å²) in [5.41, 5.74) is 0.721. The molecule has 3 fully saturated rings. The van der Waals surface area contributed by atoms with Gasteiger partial charge < -0.3 is 4.90 Å². The van der Waals surface area contributed by atoms with Crippen LogP contribution in [-0.4, -0.2) is 24.5 Å². The van der Waals surface area contributed by atoms with Gasteiger partial charge in [-0.15, -0.1) is 0 Å². The Bertz CT molecular complexity index is 168. The predicted molar refractivity (Wildman–Crippen MR) is 52.1 cm³/mol. The van der Waals surface area contributed by atoms with E-state index < -0.39 is 0 Å². The molecule has 0 N–H and O–H groups in total. The topological polar surface area (TPSA) is 3.24 Å². The summed E-state index contributed by atoms with van der Waals surface area (Å²) in [5.74, 6) is 1.93. The second-order valence-electron chi connectivity index (χ2n) is 5.12. The standard InChI is InChI=1S/C11H21N/c1-4-12-7-10-5-11(6-10,8-12)9(2)3/h9-10H,4-8H2,1-3H3. The van der Waals surface area contributed by atoms with Gasteiger partial charge >= 0.3 is 0 Å². The largest absolute Gasteiger partial charge is 0.303 e. The minimum atomic E-state index is 0.721.